The summed E-state index contributed by atoms with van der Waals surface area (Å²) in [7, 11) is 0. The monoisotopic (exact) mass is 341 g/mol. The maximum atomic E-state index is 9.08. The van der Waals surface area contributed by atoms with E-state index in [2.05, 4.69) is 32.1 Å². The summed E-state index contributed by atoms with van der Waals surface area (Å²) in [4.78, 5) is 15.7. The molecule has 0 spiro atoms. The van der Waals surface area contributed by atoms with Gasteiger partial charge in [0.15, 0.2) is 0 Å². The highest BCUT2D eigenvalue weighted by atomic mass is 16.3. The number of rotatable bonds is 7. The molecular formula is C19H27N5O. The Morgan fingerprint density at radius 3 is 2.64 bits per heavy atom. The zero-order chi connectivity index (χ0) is 17.5. The molecule has 1 unspecified atom stereocenters. The van der Waals surface area contributed by atoms with E-state index in [1.54, 1.807) is 12.4 Å². The standard InChI is InChI=1S/C19H27N5O/c1-15(7-11-25)24-9-5-16(6-10-24)12-17-13-22-19(14-21-17)23-18-4-2-3-8-20-18/h2-4,8,13-16,25H,5-7,9-12H2,1H3,(H,20,22,23). The minimum atomic E-state index is 0.273. The van der Waals surface area contributed by atoms with Crippen molar-refractivity contribution < 1.29 is 5.11 Å². The lowest BCUT2D eigenvalue weighted by molar-refractivity contribution is 0.119. The quantitative estimate of drug-likeness (QED) is 0.806. The van der Waals surface area contributed by atoms with Gasteiger partial charge < -0.3 is 15.3 Å². The molecule has 3 rings (SSSR count). The molecule has 2 aromatic heterocycles. The smallest absolute Gasteiger partial charge is 0.150 e. The van der Waals surface area contributed by atoms with Gasteiger partial charge in [0, 0.05) is 18.8 Å². The number of anilines is 2. The van der Waals surface area contributed by atoms with Crippen LogP contribution < -0.4 is 5.32 Å². The maximum absolute atomic E-state index is 9.08. The van der Waals surface area contributed by atoms with Crippen LogP contribution in [0.25, 0.3) is 0 Å². The van der Waals surface area contributed by atoms with Crippen LogP contribution in [0.2, 0.25) is 0 Å². The summed E-state index contributed by atoms with van der Waals surface area (Å²) in [5.41, 5.74) is 1.05. The minimum Gasteiger partial charge on any atom is -0.396 e. The normalized spacial score (nSPS) is 17.4. The molecule has 0 radical (unpaired) electrons. The Hall–Kier alpha value is -2.05. The van der Waals surface area contributed by atoms with Crippen molar-refractivity contribution in [3.8, 4) is 0 Å². The average molecular weight is 341 g/mol. The highest BCUT2D eigenvalue weighted by Gasteiger charge is 2.22. The third-order valence-electron chi connectivity index (χ3n) is 4.94. The van der Waals surface area contributed by atoms with Crippen LogP contribution in [0.1, 0.15) is 31.9 Å². The Bertz CT molecular complexity index is 626. The lowest BCUT2D eigenvalue weighted by Gasteiger charge is -2.35. The molecular weight excluding hydrogens is 314 g/mol. The van der Waals surface area contributed by atoms with E-state index >= 15 is 0 Å². The number of aromatic nitrogens is 3. The van der Waals surface area contributed by atoms with E-state index in [0.29, 0.717) is 12.0 Å². The first-order valence-corrected chi connectivity index (χ1v) is 9.08. The molecule has 1 fully saturated rings. The first-order valence-electron chi connectivity index (χ1n) is 9.08. The highest BCUT2D eigenvalue weighted by Crippen LogP contribution is 2.23. The van der Waals surface area contributed by atoms with E-state index in [-0.39, 0.29) is 6.61 Å². The number of piperidine rings is 1. The summed E-state index contributed by atoms with van der Waals surface area (Å²) in [5.74, 6) is 2.16. The summed E-state index contributed by atoms with van der Waals surface area (Å²) in [6.45, 7) is 4.70. The van der Waals surface area contributed by atoms with E-state index in [9.17, 15) is 0 Å². The van der Waals surface area contributed by atoms with Crippen molar-refractivity contribution in [2.75, 3.05) is 25.0 Å². The van der Waals surface area contributed by atoms with Crippen LogP contribution in [0.4, 0.5) is 11.6 Å². The predicted octanol–water partition coefficient (Wildman–Crippen LogP) is 2.64. The SMILES string of the molecule is CC(CCO)N1CCC(Cc2cnc(Nc3ccccn3)cn2)CC1. The summed E-state index contributed by atoms with van der Waals surface area (Å²) in [6, 6.07) is 6.20. The Labute approximate surface area is 149 Å². The van der Waals surface area contributed by atoms with Gasteiger partial charge in [-0.2, -0.15) is 0 Å². The number of nitrogens with zero attached hydrogens (tertiary/aromatic N) is 4. The molecule has 0 aliphatic carbocycles. The van der Waals surface area contributed by atoms with Gasteiger partial charge >= 0.3 is 0 Å². The minimum absolute atomic E-state index is 0.273. The molecule has 2 N–H and O–H groups in total. The van der Waals surface area contributed by atoms with Crippen LogP contribution in [0.5, 0.6) is 0 Å². The van der Waals surface area contributed by atoms with Gasteiger partial charge in [-0.3, -0.25) is 4.98 Å². The Morgan fingerprint density at radius 1 is 1.16 bits per heavy atom. The van der Waals surface area contributed by atoms with Gasteiger partial charge in [0.05, 0.1) is 18.1 Å². The fourth-order valence-electron chi connectivity index (χ4n) is 3.36. The van der Waals surface area contributed by atoms with Crippen LogP contribution >= 0.6 is 0 Å². The van der Waals surface area contributed by atoms with Gasteiger partial charge in [0.25, 0.3) is 0 Å². The zero-order valence-corrected chi connectivity index (χ0v) is 14.8. The molecule has 0 aromatic carbocycles. The molecule has 25 heavy (non-hydrogen) atoms. The fraction of sp³-hybridized carbons (Fsp3) is 0.526. The van der Waals surface area contributed by atoms with E-state index < -0.39 is 0 Å². The highest BCUT2D eigenvalue weighted by molar-refractivity contribution is 5.49. The molecule has 2 aromatic rings. The second kappa shape index (κ2) is 8.87. The van der Waals surface area contributed by atoms with E-state index in [1.165, 1.54) is 12.8 Å². The van der Waals surface area contributed by atoms with Gasteiger partial charge in [-0.15, -0.1) is 0 Å². The van der Waals surface area contributed by atoms with Gasteiger partial charge in [-0.25, -0.2) is 9.97 Å². The molecule has 1 saturated heterocycles. The van der Waals surface area contributed by atoms with Crippen LogP contribution in [0, 0.1) is 5.92 Å². The Morgan fingerprint density at radius 2 is 2.00 bits per heavy atom. The van der Waals surface area contributed by atoms with Gasteiger partial charge in [0.2, 0.25) is 0 Å². The number of likely N-dealkylation sites (tertiary alicyclic amines) is 1. The van der Waals surface area contributed by atoms with Crippen molar-refractivity contribution >= 4 is 11.6 Å². The molecule has 1 atom stereocenters. The summed E-state index contributed by atoms with van der Waals surface area (Å²) >= 11 is 0. The number of nitrogens with one attached hydrogen (secondary N) is 1. The molecule has 1 aliphatic rings. The van der Waals surface area contributed by atoms with Gasteiger partial charge in [-0.1, -0.05) is 6.07 Å². The van der Waals surface area contributed by atoms with E-state index in [1.807, 2.05) is 24.4 Å². The van der Waals surface area contributed by atoms with Crippen LogP contribution in [-0.4, -0.2) is 50.7 Å². The molecule has 3 heterocycles. The third kappa shape index (κ3) is 5.21. The molecule has 0 amide bonds. The Kier molecular flexibility index (Phi) is 6.30. The van der Waals surface area contributed by atoms with Crippen molar-refractivity contribution in [2.45, 2.75) is 38.6 Å². The van der Waals surface area contributed by atoms with Crippen molar-refractivity contribution in [3.63, 3.8) is 0 Å². The van der Waals surface area contributed by atoms with Crippen LogP contribution in [0.15, 0.2) is 36.8 Å². The van der Waals surface area contributed by atoms with Crippen molar-refractivity contribution in [2.24, 2.45) is 5.92 Å². The fourth-order valence-corrected chi connectivity index (χ4v) is 3.36. The molecule has 6 heteroatoms. The summed E-state index contributed by atoms with van der Waals surface area (Å²) < 4.78 is 0. The second-order valence-electron chi connectivity index (χ2n) is 6.78. The molecule has 6 nitrogen and oxygen atoms in total. The second-order valence-corrected chi connectivity index (χ2v) is 6.78. The number of aliphatic hydroxyl groups excluding tert-OH is 1. The lowest BCUT2D eigenvalue weighted by Crippen LogP contribution is -2.40. The van der Waals surface area contributed by atoms with Crippen molar-refractivity contribution in [1.82, 2.24) is 19.9 Å². The first-order chi connectivity index (χ1) is 12.2. The number of aliphatic hydroxyl groups is 1. The molecule has 1 aliphatic heterocycles. The maximum Gasteiger partial charge on any atom is 0.150 e. The van der Waals surface area contributed by atoms with E-state index in [0.717, 1.165) is 43.3 Å². The first kappa shape index (κ1) is 17.8. The van der Waals surface area contributed by atoms with E-state index in [4.69, 9.17) is 5.11 Å². The third-order valence-corrected chi connectivity index (χ3v) is 4.94. The summed E-state index contributed by atoms with van der Waals surface area (Å²) in [6.07, 6.45) is 9.61. The average Bonchev–Trinajstić information content (AvgIpc) is 2.65. The number of pyridine rings is 1. The lowest BCUT2D eigenvalue weighted by atomic mass is 9.91. The molecule has 0 saturated carbocycles. The number of hydrogen-bond donors (Lipinski definition) is 2. The van der Waals surface area contributed by atoms with Crippen LogP contribution in [0.3, 0.4) is 0 Å². The largest absolute Gasteiger partial charge is 0.396 e. The van der Waals surface area contributed by atoms with Crippen molar-refractivity contribution in [3.05, 3.63) is 42.5 Å². The summed E-state index contributed by atoms with van der Waals surface area (Å²) in [5, 5.41) is 12.2. The zero-order valence-electron chi connectivity index (χ0n) is 14.8. The van der Waals surface area contributed by atoms with Gasteiger partial charge in [0.1, 0.15) is 11.6 Å². The predicted molar refractivity (Wildman–Crippen MR) is 98.7 cm³/mol. The van der Waals surface area contributed by atoms with Crippen molar-refractivity contribution in [1.29, 1.82) is 0 Å². The Balaban J connectivity index is 1.48. The van der Waals surface area contributed by atoms with Crippen LogP contribution in [-0.2, 0) is 6.42 Å². The van der Waals surface area contributed by atoms with Gasteiger partial charge in [-0.05, 0) is 63.7 Å². The molecule has 0 bridgehead atoms. The topological polar surface area (TPSA) is 74.2 Å². The number of hydrogen-bond acceptors (Lipinski definition) is 6. The molecule has 134 valence electrons.